The highest BCUT2D eigenvalue weighted by atomic mass is 19.4. The second-order valence-corrected chi connectivity index (χ2v) is 16.6. The molecule has 6 heterocycles. The third-order valence-electron chi connectivity index (χ3n) is 11.0. The molecule has 0 bridgehead atoms. The number of nitrogens with two attached hydrogens (primary N) is 1. The number of aromatic nitrogens is 8. The first kappa shape index (κ1) is 50.7. The van der Waals surface area contributed by atoms with Crippen molar-refractivity contribution in [2.45, 2.75) is 56.3 Å². The number of rotatable bonds is 13. The van der Waals surface area contributed by atoms with Crippen molar-refractivity contribution < 1.29 is 39.9 Å². The number of anilines is 4. The summed E-state index contributed by atoms with van der Waals surface area (Å²) in [5.41, 5.74) is 10.2. The summed E-state index contributed by atoms with van der Waals surface area (Å²) in [6, 6.07) is 20.4. The number of benzene rings is 2. The zero-order valence-electron chi connectivity index (χ0n) is 38.1. The van der Waals surface area contributed by atoms with Crippen LogP contribution in [-0.2, 0) is 18.8 Å². The summed E-state index contributed by atoms with van der Waals surface area (Å²) in [5.74, 6) is 5.50. The Labute approximate surface area is 411 Å². The number of nitrogens with one attached hydrogen (secondary N) is 3. The van der Waals surface area contributed by atoms with Gasteiger partial charge in [-0.1, -0.05) is 30.3 Å². The Kier molecular flexibility index (Phi) is 15.7. The van der Waals surface area contributed by atoms with E-state index in [2.05, 4.69) is 61.1 Å². The molecule has 8 aromatic rings. The molecular weight excluding hydrogens is 963 g/mol. The molecule has 73 heavy (non-hydrogen) atoms. The van der Waals surface area contributed by atoms with Crippen molar-refractivity contribution in [1.29, 1.82) is 0 Å². The predicted octanol–water partition coefficient (Wildman–Crippen LogP) is 11.5. The molecule has 2 saturated carbocycles. The van der Waals surface area contributed by atoms with E-state index in [0.29, 0.717) is 58.3 Å². The first-order valence-corrected chi connectivity index (χ1v) is 22.3. The molecule has 6 aromatic heterocycles. The monoisotopic (exact) mass is 1000 g/mol. The van der Waals surface area contributed by atoms with Crippen molar-refractivity contribution in [3.05, 3.63) is 191 Å². The fraction of sp³-hybridized carbons (Fsp3) is 0.176. The Morgan fingerprint density at radius 3 is 1.71 bits per heavy atom. The molecule has 0 aliphatic heterocycles. The van der Waals surface area contributed by atoms with E-state index in [1.807, 2.05) is 18.3 Å². The van der Waals surface area contributed by atoms with Gasteiger partial charge in [-0.2, -0.15) is 31.4 Å². The number of pyridine rings is 4. The van der Waals surface area contributed by atoms with Crippen LogP contribution in [0.15, 0.2) is 140 Å². The average Bonchev–Trinajstić information content (AvgIpc) is 4.34. The molecule has 372 valence electrons. The summed E-state index contributed by atoms with van der Waals surface area (Å²) in [5, 5.41) is 6.92. The average molecular weight is 1000 g/mol. The van der Waals surface area contributed by atoms with Gasteiger partial charge in [0.05, 0.1) is 47.3 Å². The van der Waals surface area contributed by atoms with E-state index < -0.39 is 35.1 Å². The number of halogens is 8. The van der Waals surface area contributed by atoms with E-state index >= 15 is 0 Å². The molecule has 10 rings (SSSR count). The largest absolute Gasteiger partial charge is 0.416 e. The molecular formula is C51H41F8N13O. The van der Waals surface area contributed by atoms with Crippen LogP contribution in [0.2, 0.25) is 0 Å². The van der Waals surface area contributed by atoms with Crippen LogP contribution >= 0.6 is 0 Å². The predicted molar refractivity (Wildman–Crippen MR) is 256 cm³/mol. The van der Waals surface area contributed by atoms with Crippen LogP contribution in [0.5, 0.6) is 0 Å². The lowest BCUT2D eigenvalue weighted by molar-refractivity contribution is -0.138. The molecule has 2 aliphatic rings. The minimum Gasteiger partial charge on any atom is -0.354 e. The van der Waals surface area contributed by atoms with Crippen molar-refractivity contribution in [2.24, 2.45) is 10.9 Å². The molecule has 0 unspecified atom stereocenters. The Morgan fingerprint density at radius 2 is 1.16 bits per heavy atom. The number of hydrogen-bond donors (Lipinski definition) is 4. The number of carbonyl (C=O) groups excluding carboxylic acids is 1. The standard InChI is InChI=1S/C25H19F4N7.C14H10F3NO.C12H12FN5/c26-22-14-32-24(35-23(22)17-8-16(10-30-11-17)15-4-5-15)36-33-13-20-6-7-21(12-31-20)34-19-3-1-2-18(9-19)25(27,28)29;15-14(16,17)12-3-1-2-10(7-12)6-11-4-5-13(9-19)18-8-11;13-10-6-16-12(18-14)17-11(10)9-3-8(4-15-5-9)7-1-2-7/h1-3,6-15,34H,4-5H2,(H,32,35,36);1-5,7-9H,6H2;3-7H,1-2,14H2,(H,16,17,18)/b33-13+;;. The topological polar surface area (TPSA) is 195 Å². The van der Waals surface area contributed by atoms with Gasteiger partial charge in [0, 0.05) is 47.8 Å². The van der Waals surface area contributed by atoms with Crippen molar-refractivity contribution >= 4 is 35.8 Å². The number of carbonyl (C=O) groups is 1. The first-order chi connectivity index (χ1) is 35.1. The van der Waals surface area contributed by atoms with Gasteiger partial charge in [-0.25, -0.2) is 40.0 Å². The van der Waals surface area contributed by atoms with Crippen molar-refractivity contribution in [1.82, 2.24) is 39.9 Å². The maximum Gasteiger partial charge on any atom is 0.416 e. The lowest BCUT2D eigenvalue weighted by Crippen LogP contribution is -2.11. The normalized spacial score (nSPS) is 13.3. The van der Waals surface area contributed by atoms with Crippen molar-refractivity contribution in [3.8, 4) is 22.5 Å². The first-order valence-electron chi connectivity index (χ1n) is 22.3. The Hall–Kier alpha value is -8.66. The summed E-state index contributed by atoms with van der Waals surface area (Å²) < 4.78 is 104. The smallest absolute Gasteiger partial charge is 0.354 e. The van der Waals surface area contributed by atoms with Crippen LogP contribution in [0.25, 0.3) is 22.5 Å². The molecule has 2 aromatic carbocycles. The fourth-order valence-electron chi connectivity index (χ4n) is 7.07. The zero-order valence-corrected chi connectivity index (χ0v) is 38.1. The molecule has 0 spiro atoms. The molecule has 2 aliphatic carbocycles. The van der Waals surface area contributed by atoms with E-state index in [-0.39, 0.29) is 29.0 Å². The summed E-state index contributed by atoms with van der Waals surface area (Å²) in [6.45, 7) is 0. The van der Waals surface area contributed by atoms with E-state index in [1.54, 1.807) is 42.9 Å². The number of hydrazone groups is 1. The summed E-state index contributed by atoms with van der Waals surface area (Å²) >= 11 is 0. The van der Waals surface area contributed by atoms with Crippen LogP contribution in [0.1, 0.15) is 87.1 Å². The third-order valence-corrected chi connectivity index (χ3v) is 11.0. The van der Waals surface area contributed by atoms with Gasteiger partial charge in [0.25, 0.3) is 0 Å². The van der Waals surface area contributed by atoms with Crippen LogP contribution in [-0.4, -0.2) is 52.4 Å². The lowest BCUT2D eigenvalue weighted by Gasteiger charge is -2.10. The van der Waals surface area contributed by atoms with Gasteiger partial charge in [0.15, 0.2) is 17.9 Å². The highest BCUT2D eigenvalue weighted by Crippen LogP contribution is 2.42. The highest BCUT2D eigenvalue weighted by molar-refractivity contribution is 5.78. The second-order valence-electron chi connectivity index (χ2n) is 16.6. The number of aldehydes is 1. The quantitative estimate of drug-likeness (QED) is 0.0280. The second kappa shape index (κ2) is 22.6. The number of nitrogen functional groups attached to an aromatic ring is 1. The molecule has 0 radical (unpaired) electrons. The van der Waals surface area contributed by atoms with Crippen LogP contribution in [0.3, 0.4) is 0 Å². The molecule has 0 saturated heterocycles. The van der Waals surface area contributed by atoms with Gasteiger partial charge in [0.1, 0.15) is 17.1 Å². The van der Waals surface area contributed by atoms with E-state index in [4.69, 9.17) is 5.84 Å². The molecule has 22 heteroatoms. The number of hydrazine groups is 1. The fourth-order valence-corrected chi connectivity index (χ4v) is 7.07. The van der Waals surface area contributed by atoms with E-state index in [9.17, 15) is 39.9 Å². The van der Waals surface area contributed by atoms with Gasteiger partial charge in [-0.15, -0.1) is 0 Å². The third kappa shape index (κ3) is 14.2. The number of alkyl halides is 6. The Morgan fingerprint density at radius 1 is 0.589 bits per heavy atom. The van der Waals surface area contributed by atoms with E-state index in [0.717, 1.165) is 66.2 Å². The lowest BCUT2D eigenvalue weighted by atomic mass is 10.0. The van der Waals surface area contributed by atoms with Gasteiger partial charge >= 0.3 is 12.4 Å². The maximum atomic E-state index is 14.4. The zero-order chi connectivity index (χ0) is 51.5. The molecule has 2 fully saturated rings. The van der Waals surface area contributed by atoms with E-state index in [1.165, 1.54) is 55.7 Å². The van der Waals surface area contributed by atoms with Gasteiger partial charge < -0.3 is 5.32 Å². The molecule has 0 atom stereocenters. The Balaban J connectivity index is 0.000000161. The maximum absolute atomic E-state index is 14.4. The minimum absolute atomic E-state index is 0.0994. The van der Waals surface area contributed by atoms with Crippen molar-refractivity contribution in [3.63, 3.8) is 0 Å². The molecule has 0 amide bonds. The van der Waals surface area contributed by atoms with Crippen molar-refractivity contribution in [2.75, 3.05) is 16.2 Å². The SMILES string of the molecule is Fc1cnc(N/N=C/c2ccc(Nc3cccc(C(F)(F)F)c3)cn2)nc1-c1cncc(C2CC2)c1.NNc1ncc(F)c(-c2cncc(C3CC3)c2)n1.O=Cc1ccc(Cc2cccc(C(F)(F)F)c2)cn1. The highest BCUT2D eigenvalue weighted by Gasteiger charge is 2.31. The Bertz CT molecular complexity index is 3200. The van der Waals surface area contributed by atoms with Crippen LogP contribution in [0.4, 0.5) is 58.4 Å². The number of nitrogens with zero attached hydrogens (tertiary/aromatic N) is 9. The summed E-state index contributed by atoms with van der Waals surface area (Å²) in [7, 11) is 0. The van der Waals surface area contributed by atoms with Crippen LogP contribution < -0.4 is 22.0 Å². The summed E-state index contributed by atoms with van der Waals surface area (Å²) in [4.78, 5) is 42.7. The van der Waals surface area contributed by atoms with Gasteiger partial charge in [-0.05, 0) is 121 Å². The number of hydrogen-bond acceptors (Lipinski definition) is 14. The van der Waals surface area contributed by atoms with Gasteiger partial charge in [0.2, 0.25) is 11.9 Å². The van der Waals surface area contributed by atoms with Gasteiger partial charge in [-0.3, -0.25) is 30.2 Å². The molecule has 14 nitrogen and oxygen atoms in total. The minimum atomic E-state index is -4.42. The van der Waals surface area contributed by atoms with Crippen LogP contribution in [0, 0.1) is 11.6 Å². The summed E-state index contributed by atoms with van der Waals surface area (Å²) in [6.07, 6.45) is 10.1. The molecule has 5 N–H and O–H groups in total.